The molecule has 1 aliphatic rings. The summed E-state index contributed by atoms with van der Waals surface area (Å²) in [6.07, 6.45) is 4.24. The van der Waals surface area contributed by atoms with Gasteiger partial charge in [0.15, 0.2) is 0 Å². The molecule has 2 heterocycles. The molecule has 2 aromatic carbocycles. The average Bonchev–Trinajstić information content (AvgIpc) is 3.22. The van der Waals surface area contributed by atoms with Crippen LogP contribution in [0.4, 0.5) is 0 Å². The minimum Gasteiger partial charge on any atom is -0.350 e. The van der Waals surface area contributed by atoms with Crippen LogP contribution in [0, 0.1) is 0 Å². The summed E-state index contributed by atoms with van der Waals surface area (Å²) in [7, 11) is 0. The summed E-state index contributed by atoms with van der Waals surface area (Å²) >= 11 is 0. The van der Waals surface area contributed by atoms with E-state index < -0.39 is 0 Å². The number of rotatable bonds is 6. The topological polar surface area (TPSA) is 59.0 Å². The molecule has 1 fully saturated rings. The third kappa shape index (κ3) is 5.68. The minimum absolute atomic E-state index is 0. The van der Waals surface area contributed by atoms with Crippen LogP contribution in [0.2, 0.25) is 0 Å². The fourth-order valence-corrected chi connectivity index (χ4v) is 3.64. The largest absolute Gasteiger partial charge is 0.350 e. The first-order chi connectivity index (χ1) is 13.8. The zero-order chi connectivity index (χ0) is 19.2. The van der Waals surface area contributed by atoms with Gasteiger partial charge >= 0.3 is 0 Å². The Kier molecular flexibility index (Phi) is 7.44. The molecule has 0 saturated carbocycles. The molecule has 3 aromatic rings. The van der Waals surface area contributed by atoms with Gasteiger partial charge in [-0.2, -0.15) is 5.10 Å². The Morgan fingerprint density at radius 1 is 1.07 bits per heavy atom. The number of hydrogen-bond acceptors (Lipinski definition) is 3. The average molecular weight is 411 g/mol. The van der Waals surface area contributed by atoms with Gasteiger partial charge in [0.2, 0.25) is 5.91 Å². The first-order valence-corrected chi connectivity index (χ1v) is 9.93. The Morgan fingerprint density at radius 3 is 2.55 bits per heavy atom. The fraction of sp³-hybridized carbons (Fsp3) is 0.304. The van der Waals surface area contributed by atoms with Gasteiger partial charge in [0.25, 0.3) is 0 Å². The summed E-state index contributed by atoms with van der Waals surface area (Å²) in [5.74, 6) is 0.435. The van der Waals surface area contributed by atoms with Crippen LogP contribution in [0.1, 0.15) is 30.0 Å². The van der Waals surface area contributed by atoms with Crippen molar-refractivity contribution in [2.75, 3.05) is 13.1 Å². The van der Waals surface area contributed by atoms with Gasteiger partial charge in [0.1, 0.15) is 6.54 Å². The van der Waals surface area contributed by atoms with Gasteiger partial charge in [-0.05, 0) is 42.1 Å². The number of halogens is 1. The van der Waals surface area contributed by atoms with Gasteiger partial charge in [-0.25, -0.2) is 0 Å². The highest BCUT2D eigenvalue weighted by Crippen LogP contribution is 2.21. The van der Waals surface area contributed by atoms with Crippen LogP contribution in [0.5, 0.6) is 0 Å². The van der Waals surface area contributed by atoms with Crippen molar-refractivity contribution in [3.63, 3.8) is 0 Å². The molecule has 29 heavy (non-hydrogen) atoms. The molecule has 1 amide bonds. The van der Waals surface area contributed by atoms with Crippen LogP contribution in [-0.2, 0) is 17.9 Å². The first kappa shape index (κ1) is 21.1. The van der Waals surface area contributed by atoms with E-state index >= 15 is 0 Å². The predicted octanol–water partition coefficient (Wildman–Crippen LogP) is 3.76. The molecule has 6 heteroatoms. The maximum atomic E-state index is 12.3. The lowest BCUT2D eigenvalue weighted by Gasteiger charge is -2.20. The van der Waals surface area contributed by atoms with Crippen molar-refractivity contribution in [3.8, 4) is 11.1 Å². The number of benzene rings is 2. The van der Waals surface area contributed by atoms with E-state index in [1.54, 1.807) is 4.68 Å². The molecule has 1 saturated heterocycles. The zero-order valence-corrected chi connectivity index (χ0v) is 17.2. The van der Waals surface area contributed by atoms with E-state index in [1.165, 1.54) is 17.5 Å². The first-order valence-electron chi connectivity index (χ1n) is 9.93. The third-order valence-corrected chi connectivity index (χ3v) is 5.23. The van der Waals surface area contributed by atoms with Gasteiger partial charge < -0.3 is 10.6 Å². The van der Waals surface area contributed by atoms with Gasteiger partial charge in [0, 0.05) is 25.2 Å². The summed E-state index contributed by atoms with van der Waals surface area (Å²) in [5, 5.41) is 11.0. The summed E-state index contributed by atoms with van der Waals surface area (Å²) < 4.78 is 1.73. The standard InChI is InChI=1S/C23H26N4O.ClH/c28-23(17-27-14-12-22(26-27)21-7-4-13-24-16-21)25-15-18-8-10-20(11-9-18)19-5-2-1-3-6-19;/h1-3,5-6,8-12,14,21,24H,4,7,13,15-17H2,(H,25,28);1H. The van der Waals surface area contributed by atoms with Gasteiger partial charge in [-0.1, -0.05) is 54.6 Å². The van der Waals surface area contributed by atoms with Gasteiger partial charge in [-0.15, -0.1) is 12.4 Å². The summed E-state index contributed by atoms with van der Waals surface area (Å²) in [4.78, 5) is 12.3. The molecular weight excluding hydrogens is 384 g/mol. The number of aromatic nitrogens is 2. The Labute approximate surface area is 177 Å². The van der Waals surface area contributed by atoms with Crippen molar-refractivity contribution < 1.29 is 4.79 Å². The van der Waals surface area contributed by atoms with Crippen LogP contribution in [0.3, 0.4) is 0 Å². The van der Waals surface area contributed by atoms with E-state index in [-0.39, 0.29) is 24.9 Å². The highest BCUT2D eigenvalue weighted by Gasteiger charge is 2.17. The van der Waals surface area contributed by atoms with Crippen molar-refractivity contribution in [1.29, 1.82) is 0 Å². The van der Waals surface area contributed by atoms with E-state index in [9.17, 15) is 4.79 Å². The fourth-order valence-electron chi connectivity index (χ4n) is 3.64. The lowest BCUT2D eigenvalue weighted by molar-refractivity contribution is -0.122. The molecule has 1 aliphatic heterocycles. The van der Waals surface area contributed by atoms with E-state index in [1.807, 2.05) is 30.5 Å². The van der Waals surface area contributed by atoms with E-state index in [2.05, 4.69) is 52.1 Å². The van der Waals surface area contributed by atoms with Crippen molar-refractivity contribution in [1.82, 2.24) is 20.4 Å². The van der Waals surface area contributed by atoms with Crippen molar-refractivity contribution in [2.24, 2.45) is 0 Å². The SMILES string of the molecule is Cl.O=C(Cn1ccc(C2CCCNC2)n1)NCc1ccc(-c2ccccc2)cc1. The van der Waals surface area contributed by atoms with E-state index in [0.717, 1.165) is 30.8 Å². The highest BCUT2D eigenvalue weighted by molar-refractivity contribution is 5.85. The predicted molar refractivity (Wildman–Crippen MR) is 118 cm³/mol. The molecule has 0 aliphatic carbocycles. The zero-order valence-electron chi connectivity index (χ0n) is 16.4. The monoisotopic (exact) mass is 410 g/mol. The number of nitrogens with one attached hydrogen (secondary N) is 2. The molecule has 5 nitrogen and oxygen atoms in total. The molecule has 1 atom stereocenters. The molecule has 0 bridgehead atoms. The summed E-state index contributed by atoms with van der Waals surface area (Å²) in [6.45, 7) is 2.84. The Balaban J connectivity index is 0.00000240. The quantitative estimate of drug-likeness (QED) is 0.650. The normalized spacial score (nSPS) is 16.1. The van der Waals surface area contributed by atoms with E-state index in [4.69, 9.17) is 0 Å². The van der Waals surface area contributed by atoms with Crippen molar-refractivity contribution >= 4 is 18.3 Å². The number of carbonyl (C=O) groups excluding carboxylic acids is 1. The molecule has 2 N–H and O–H groups in total. The molecule has 4 rings (SSSR count). The van der Waals surface area contributed by atoms with Crippen molar-refractivity contribution in [2.45, 2.75) is 31.8 Å². The maximum absolute atomic E-state index is 12.3. The van der Waals surface area contributed by atoms with Crippen LogP contribution in [0.25, 0.3) is 11.1 Å². The molecule has 1 aromatic heterocycles. The molecule has 0 spiro atoms. The lowest BCUT2D eigenvalue weighted by atomic mass is 9.97. The highest BCUT2D eigenvalue weighted by atomic mass is 35.5. The second-order valence-corrected chi connectivity index (χ2v) is 7.32. The molecule has 1 unspecified atom stereocenters. The number of amides is 1. The Hall–Kier alpha value is -2.63. The smallest absolute Gasteiger partial charge is 0.241 e. The number of piperidine rings is 1. The molecular formula is C23H27ClN4O. The van der Waals surface area contributed by atoms with Crippen LogP contribution < -0.4 is 10.6 Å². The van der Waals surface area contributed by atoms with Gasteiger partial charge in [0.05, 0.1) is 5.69 Å². The number of carbonyl (C=O) groups is 1. The molecule has 0 radical (unpaired) electrons. The Morgan fingerprint density at radius 2 is 1.83 bits per heavy atom. The number of nitrogens with zero attached hydrogens (tertiary/aromatic N) is 2. The summed E-state index contributed by atoms with van der Waals surface area (Å²) in [6, 6.07) is 20.6. The second-order valence-electron chi connectivity index (χ2n) is 7.32. The summed E-state index contributed by atoms with van der Waals surface area (Å²) in [5.41, 5.74) is 4.54. The second kappa shape index (κ2) is 10.2. The van der Waals surface area contributed by atoms with Gasteiger partial charge in [-0.3, -0.25) is 9.48 Å². The van der Waals surface area contributed by atoms with Crippen molar-refractivity contribution in [3.05, 3.63) is 78.1 Å². The Bertz CT molecular complexity index is 902. The van der Waals surface area contributed by atoms with E-state index in [0.29, 0.717) is 12.5 Å². The van der Waals surface area contributed by atoms with Crippen LogP contribution >= 0.6 is 12.4 Å². The molecule has 152 valence electrons. The number of hydrogen-bond donors (Lipinski definition) is 2. The lowest BCUT2D eigenvalue weighted by Crippen LogP contribution is -2.29. The minimum atomic E-state index is -0.0245. The van der Waals surface area contributed by atoms with Crippen LogP contribution in [-0.4, -0.2) is 28.8 Å². The maximum Gasteiger partial charge on any atom is 0.241 e. The van der Waals surface area contributed by atoms with Crippen LogP contribution in [0.15, 0.2) is 66.9 Å². The third-order valence-electron chi connectivity index (χ3n) is 5.23.